The van der Waals surface area contributed by atoms with Crippen LogP contribution in [0.2, 0.25) is 0 Å². The number of rotatable bonds is 3. The predicted molar refractivity (Wildman–Crippen MR) is 81.7 cm³/mol. The van der Waals surface area contributed by atoms with E-state index in [-0.39, 0.29) is 5.82 Å². The van der Waals surface area contributed by atoms with Gasteiger partial charge in [0.25, 0.3) is 10.0 Å². The number of nitrogens with zero attached hydrogens (tertiary/aromatic N) is 2. The molecule has 2 aromatic rings. The summed E-state index contributed by atoms with van der Waals surface area (Å²) in [6, 6.07) is 9.75. The van der Waals surface area contributed by atoms with E-state index in [9.17, 15) is 12.8 Å². The summed E-state index contributed by atoms with van der Waals surface area (Å²) in [6.07, 6.45) is 0. The van der Waals surface area contributed by atoms with Crippen LogP contribution in [0.5, 0.6) is 0 Å². The third kappa shape index (κ3) is 2.95. The molecule has 0 radical (unpaired) electrons. The van der Waals surface area contributed by atoms with Crippen LogP contribution in [0.4, 0.5) is 10.1 Å². The van der Waals surface area contributed by atoms with Gasteiger partial charge in [-0.1, -0.05) is 12.1 Å². The molecule has 0 saturated carbocycles. The molecule has 1 saturated heterocycles. The molecular weight excluding hydrogens is 311 g/mol. The minimum atomic E-state index is -3.38. The lowest BCUT2D eigenvalue weighted by atomic mass is 10.2. The van der Waals surface area contributed by atoms with Crippen molar-refractivity contribution in [1.82, 2.24) is 4.31 Å². The second-order valence-corrected chi connectivity index (χ2v) is 7.92. The van der Waals surface area contributed by atoms with Crippen molar-refractivity contribution < 1.29 is 12.8 Å². The topological polar surface area (TPSA) is 40.6 Å². The van der Waals surface area contributed by atoms with E-state index >= 15 is 0 Å². The summed E-state index contributed by atoms with van der Waals surface area (Å²) >= 11 is 1.23. The number of anilines is 1. The van der Waals surface area contributed by atoms with Gasteiger partial charge in [0.05, 0.1) is 0 Å². The number of piperazine rings is 1. The van der Waals surface area contributed by atoms with Crippen molar-refractivity contribution >= 4 is 27.0 Å². The molecule has 2 heterocycles. The highest BCUT2D eigenvalue weighted by Crippen LogP contribution is 2.24. The molecule has 4 nitrogen and oxygen atoms in total. The fraction of sp³-hybridized carbons (Fsp3) is 0.286. The average Bonchev–Trinajstić information content (AvgIpc) is 3.02. The van der Waals surface area contributed by atoms with Crippen LogP contribution in [0.3, 0.4) is 0 Å². The maximum absolute atomic E-state index is 13.2. The number of hydrogen-bond donors (Lipinski definition) is 0. The largest absolute Gasteiger partial charge is 0.369 e. The molecule has 0 amide bonds. The molecule has 3 rings (SSSR count). The number of benzene rings is 1. The number of sulfonamides is 1. The van der Waals surface area contributed by atoms with Crippen molar-refractivity contribution in [2.75, 3.05) is 31.1 Å². The molecule has 1 aromatic heterocycles. The van der Waals surface area contributed by atoms with Gasteiger partial charge in [-0.25, -0.2) is 12.8 Å². The minimum Gasteiger partial charge on any atom is -0.369 e. The van der Waals surface area contributed by atoms with E-state index in [1.54, 1.807) is 23.6 Å². The first kappa shape index (κ1) is 14.5. The smallest absolute Gasteiger partial charge is 0.252 e. The molecule has 21 heavy (non-hydrogen) atoms. The van der Waals surface area contributed by atoms with E-state index in [4.69, 9.17) is 0 Å². The molecule has 1 aliphatic heterocycles. The average molecular weight is 326 g/mol. The van der Waals surface area contributed by atoms with Gasteiger partial charge in [-0.3, -0.25) is 0 Å². The highest BCUT2D eigenvalue weighted by atomic mass is 32.2. The second kappa shape index (κ2) is 5.75. The molecule has 0 atom stereocenters. The van der Waals surface area contributed by atoms with Crippen molar-refractivity contribution in [3.63, 3.8) is 0 Å². The van der Waals surface area contributed by atoms with Crippen LogP contribution >= 0.6 is 11.3 Å². The normalized spacial score (nSPS) is 17.1. The van der Waals surface area contributed by atoms with Crippen LogP contribution in [0, 0.1) is 5.82 Å². The van der Waals surface area contributed by atoms with E-state index in [0.29, 0.717) is 30.4 Å². The molecule has 0 aliphatic carbocycles. The first-order valence-corrected chi connectivity index (χ1v) is 8.93. The minimum absolute atomic E-state index is 0.277. The third-order valence-corrected chi connectivity index (χ3v) is 6.77. The summed E-state index contributed by atoms with van der Waals surface area (Å²) in [4.78, 5) is 2.00. The highest BCUT2D eigenvalue weighted by Gasteiger charge is 2.29. The van der Waals surface area contributed by atoms with Crippen molar-refractivity contribution in [2.24, 2.45) is 0 Å². The fourth-order valence-electron chi connectivity index (χ4n) is 2.40. The highest BCUT2D eigenvalue weighted by molar-refractivity contribution is 7.91. The Morgan fingerprint density at radius 2 is 1.81 bits per heavy atom. The first-order valence-electron chi connectivity index (χ1n) is 6.61. The van der Waals surface area contributed by atoms with Gasteiger partial charge >= 0.3 is 0 Å². The van der Waals surface area contributed by atoms with Crippen LogP contribution in [0.1, 0.15) is 0 Å². The standard InChI is InChI=1S/C14H15FN2O2S2/c15-12-3-1-4-13(11-12)16-6-8-17(9-7-16)21(18,19)14-5-2-10-20-14/h1-5,10-11H,6-9H2. The predicted octanol–water partition coefficient (Wildman–Crippen LogP) is 2.40. The summed E-state index contributed by atoms with van der Waals surface area (Å²) in [6.45, 7) is 1.95. The zero-order valence-electron chi connectivity index (χ0n) is 11.3. The molecule has 1 fully saturated rings. The lowest BCUT2D eigenvalue weighted by Gasteiger charge is -2.35. The third-order valence-electron chi connectivity index (χ3n) is 3.50. The number of thiophene rings is 1. The Labute approximate surface area is 127 Å². The van der Waals surface area contributed by atoms with E-state index in [2.05, 4.69) is 0 Å². The molecule has 1 aliphatic rings. The van der Waals surface area contributed by atoms with E-state index < -0.39 is 10.0 Å². The Kier molecular flexibility index (Phi) is 3.97. The Hall–Kier alpha value is -1.44. The molecule has 0 spiro atoms. The summed E-state index contributed by atoms with van der Waals surface area (Å²) in [5.74, 6) is -0.277. The fourth-order valence-corrected chi connectivity index (χ4v) is 4.96. The molecule has 0 N–H and O–H groups in total. The maximum atomic E-state index is 13.2. The lowest BCUT2D eigenvalue weighted by molar-refractivity contribution is 0.385. The quantitative estimate of drug-likeness (QED) is 0.870. The SMILES string of the molecule is O=S(=O)(c1cccs1)N1CCN(c2cccc(F)c2)CC1. The van der Waals surface area contributed by atoms with Gasteiger partial charge in [0.2, 0.25) is 0 Å². The Morgan fingerprint density at radius 3 is 2.43 bits per heavy atom. The first-order chi connectivity index (χ1) is 10.1. The van der Waals surface area contributed by atoms with Crippen molar-refractivity contribution in [1.29, 1.82) is 0 Å². The molecular formula is C14H15FN2O2S2. The zero-order chi connectivity index (χ0) is 14.9. The summed E-state index contributed by atoms with van der Waals surface area (Å²) in [5.41, 5.74) is 0.795. The van der Waals surface area contributed by atoms with Gasteiger partial charge in [-0.15, -0.1) is 11.3 Å². The van der Waals surface area contributed by atoms with Gasteiger partial charge in [0, 0.05) is 31.9 Å². The Balaban J connectivity index is 1.71. The van der Waals surface area contributed by atoms with Crippen LogP contribution < -0.4 is 4.90 Å². The molecule has 0 unspecified atom stereocenters. The van der Waals surface area contributed by atoms with Crippen molar-refractivity contribution in [2.45, 2.75) is 4.21 Å². The maximum Gasteiger partial charge on any atom is 0.252 e. The molecule has 7 heteroatoms. The second-order valence-electron chi connectivity index (χ2n) is 4.80. The Bertz CT molecular complexity index is 708. The molecule has 0 bridgehead atoms. The summed E-state index contributed by atoms with van der Waals surface area (Å²) in [7, 11) is -3.38. The van der Waals surface area contributed by atoms with E-state index in [1.165, 1.54) is 27.8 Å². The zero-order valence-corrected chi connectivity index (χ0v) is 12.9. The van der Waals surface area contributed by atoms with Gasteiger partial charge in [-0.05, 0) is 29.6 Å². The van der Waals surface area contributed by atoms with E-state index in [1.807, 2.05) is 11.0 Å². The molecule has 1 aromatic carbocycles. The van der Waals surface area contributed by atoms with Crippen LogP contribution in [0.15, 0.2) is 46.0 Å². The van der Waals surface area contributed by atoms with Crippen LogP contribution in [-0.2, 0) is 10.0 Å². The lowest BCUT2D eigenvalue weighted by Crippen LogP contribution is -2.48. The monoisotopic (exact) mass is 326 g/mol. The van der Waals surface area contributed by atoms with Crippen molar-refractivity contribution in [3.8, 4) is 0 Å². The Morgan fingerprint density at radius 1 is 1.05 bits per heavy atom. The summed E-state index contributed by atoms with van der Waals surface area (Å²) in [5, 5.41) is 1.76. The van der Waals surface area contributed by atoms with Gasteiger partial charge in [-0.2, -0.15) is 4.31 Å². The van der Waals surface area contributed by atoms with E-state index in [0.717, 1.165) is 5.69 Å². The van der Waals surface area contributed by atoms with Crippen LogP contribution in [0.25, 0.3) is 0 Å². The van der Waals surface area contributed by atoms with Crippen LogP contribution in [-0.4, -0.2) is 38.9 Å². The molecule has 112 valence electrons. The van der Waals surface area contributed by atoms with Gasteiger partial charge < -0.3 is 4.90 Å². The van der Waals surface area contributed by atoms with Gasteiger partial charge in [0.1, 0.15) is 10.0 Å². The summed E-state index contributed by atoms with van der Waals surface area (Å²) < 4.78 is 39.9. The van der Waals surface area contributed by atoms with Gasteiger partial charge in [0.15, 0.2) is 0 Å². The number of halogens is 1. The number of hydrogen-bond acceptors (Lipinski definition) is 4. The van der Waals surface area contributed by atoms with Crippen molar-refractivity contribution in [3.05, 3.63) is 47.6 Å².